The predicted molar refractivity (Wildman–Crippen MR) is 88.8 cm³/mol. The average molecular weight is 344 g/mol. The van der Waals surface area contributed by atoms with Crippen molar-refractivity contribution in [2.75, 3.05) is 0 Å². The van der Waals surface area contributed by atoms with Crippen molar-refractivity contribution in [1.29, 1.82) is 0 Å². The second kappa shape index (κ2) is 6.32. The van der Waals surface area contributed by atoms with Crippen LogP contribution in [0.15, 0.2) is 24.3 Å². The van der Waals surface area contributed by atoms with Gasteiger partial charge in [0.1, 0.15) is 15.7 Å². The van der Waals surface area contributed by atoms with Crippen LogP contribution in [-0.2, 0) is 0 Å². The Labute approximate surface area is 140 Å². The number of carbonyl (C=O) groups is 1. The number of aryl methyl sites for hydroxylation is 2. The van der Waals surface area contributed by atoms with Crippen LogP contribution in [0, 0.1) is 19.7 Å². The van der Waals surface area contributed by atoms with Crippen LogP contribution < -0.4 is 0 Å². The Morgan fingerprint density at radius 1 is 1.21 bits per heavy atom. The zero-order valence-electron chi connectivity index (χ0n) is 12.9. The van der Waals surface area contributed by atoms with Crippen molar-refractivity contribution in [3.05, 3.63) is 57.0 Å². The van der Waals surface area contributed by atoms with E-state index < -0.39 is 5.97 Å². The van der Waals surface area contributed by atoms with E-state index in [0.29, 0.717) is 27.8 Å². The second-order valence-electron chi connectivity index (χ2n) is 5.05. The van der Waals surface area contributed by atoms with E-state index in [1.165, 1.54) is 12.1 Å². The third kappa shape index (κ3) is 3.09. The highest BCUT2D eigenvalue weighted by molar-refractivity contribution is 7.14. The lowest BCUT2D eigenvalue weighted by Crippen LogP contribution is -1.99. The molecule has 6 nitrogen and oxygen atoms in total. The first kappa shape index (κ1) is 16.0. The molecular weight excluding hydrogens is 331 g/mol. The van der Waals surface area contributed by atoms with Gasteiger partial charge in [0.25, 0.3) is 0 Å². The van der Waals surface area contributed by atoms with E-state index in [9.17, 15) is 9.18 Å². The number of benzene rings is 1. The third-order valence-electron chi connectivity index (χ3n) is 3.35. The molecule has 0 saturated carbocycles. The van der Waals surface area contributed by atoms with Gasteiger partial charge in [0, 0.05) is 0 Å². The summed E-state index contributed by atoms with van der Waals surface area (Å²) < 4.78 is 14.7. The van der Waals surface area contributed by atoms with Crippen molar-refractivity contribution in [2.24, 2.45) is 0 Å². The number of rotatable bonds is 4. The molecule has 1 N–H and O–H groups in total. The molecule has 24 heavy (non-hydrogen) atoms. The number of nitrogens with zero attached hydrogens (tertiary/aromatic N) is 4. The summed E-state index contributed by atoms with van der Waals surface area (Å²) >= 11 is 1.10. The molecule has 0 aliphatic rings. The van der Waals surface area contributed by atoms with Crippen LogP contribution in [0.25, 0.3) is 17.8 Å². The fourth-order valence-electron chi connectivity index (χ4n) is 2.17. The molecule has 3 aromatic rings. The maximum atomic E-state index is 13.1. The Bertz CT molecular complexity index is 928. The van der Waals surface area contributed by atoms with Crippen LogP contribution in [0.3, 0.4) is 0 Å². The fraction of sp³-hybridized carbons (Fsp3) is 0.125. The van der Waals surface area contributed by atoms with E-state index in [2.05, 4.69) is 15.3 Å². The first-order chi connectivity index (χ1) is 11.5. The minimum absolute atomic E-state index is 0.219. The third-order valence-corrected chi connectivity index (χ3v) is 4.46. The second-order valence-corrected chi connectivity index (χ2v) is 6.08. The monoisotopic (exact) mass is 344 g/mol. The van der Waals surface area contributed by atoms with Gasteiger partial charge in [-0.1, -0.05) is 5.21 Å². The van der Waals surface area contributed by atoms with Gasteiger partial charge in [-0.05, 0) is 50.3 Å². The van der Waals surface area contributed by atoms with Gasteiger partial charge in [-0.15, -0.1) is 16.4 Å². The normalized spacial score (nSPS) is 11.3. The number of thiazole rings is 1. The van der Waals surface area contributed by atoms with Crippen molar-refractivity contribution >= 4 is 29.5 Å². The highest BCUT2D eigenvalue weighted by atomic mass is 32.1. The number of hydrogen-bond acceptors (Lipinski definition) is 5. The van der Waals surface area contributed by atoms with Crippen LogP contribution in [0.5, 0.6) is 0 Å². The van der Waals surface area contributed by atoms with Crippen molar-refractivity contribution < 1.29 is 14.3 Å². The van der Waals surface area contributed by atoms with Gasteiger partial charge in [-0.3, -0.25) is 0 Å². The summed E-state index contributed by atoms with van der Waals surface area (Å²) in [6.07, 6.45) is 3.48. The molecule has 3 rings (SSSR count). The van der Waals surface area contributed by atoms with E-state index in [0.717, 1.165) is 11.3 Å². The Morgan fingerprint density at radius 3 is 2.54 bits per heavy atom. The van der Waals surface area contributed by atoms with Crippen molar-refractivity contribution in [1.82, 2.24) is 20.0 Å². The topological polar surface area (TPSA) is 80.9 Å². The lowest BCUT2D eigenvalue weighted by molar-refractivity contribution is 0.0701. The molecule has 0 spiro atoms. The minimum atomic E-state index is -0.987. The van der Waals surface area contributed by atoms with Crippen LogP contribution in [-0.4, -0.2) is 31.1 Å². The maximum Gasteiger partial charge on any atom is 0.347 e. The molecule has 0 bridgehead atoms. The molecule has 0 atom stereocenters. The Morgan fingerprint density at radius 2 is 1.92 bits per heavy atom. The molecule has 0 fully saturated rings. The predicted octanol–water partition coefficient (Wildman–Crippen LogP) is 3.35. The molecular formula is C16H13FN4O2S. The van der Waals surface area contributed by atoms with Gasteiger partial charge < -0.3 is 5.11 Å². The lowest BCUT2D eigenvalue weighted by atomic mass is 10.2. The Balaban J connectivity index is 1.96. The molecule has 0 radical (unpaired) electrons. The van der Waals surface area contributed by atoms with Crippen molar-refractivity contribution in [3.8, 4) is 5.69 Å². The van der Waals surface area contributed by atoms with Crippen molar-refractivity contribution in [2.45, 2.75) is 13.8 Å². The van der Waals surface area contributed by atoms with Crippen LogP contribution >= 0.6 is 11.3 Å². The SMILES string of the molecule is Cc1nc(C=Cc2c(C)nnn2-c2ccc(F)cc2)sc1C(=O)O. The van der Waals surface area contributed by atoms with E-state index in [-0.39, 0.29) is 10.7 Å². The highest BCUT2D eigenvalue weighted by Gasteiger charge is 2.13. The lowest BCUT2D eigenvalue weighted by Gasteiger charge is -2.03. The zero-order valence-corrected chi connectivity index (χ0v) is 13.7. The summed E-state index contributed by atoms with van der Waals surface area (Å²) in [6, 6.07) is 5.92. The fourth-order valence-corrected chi connectivity index (χ4v) is 2.97. The largest absolute Gasteiger partial charge is 0.477 e. The summed E-state index contributed by atoms with van der Waals surface area (Å²) in [5.41, 5.74) is 2.57. The van der Waals surface area contributed by atoms with Crippen LogP contribution in [0.4, 0.5) is 4.39 Å². The van der Waals surface area contributed by atoms with E-state index in [1.807, 2.05) is 6.92 Å². The first-order valence-corrected chi connectivity index (χ1v) is 7.84. The van der Waals surface area contributed by atoms with E-state index in [4.69, 9.17) is 5.11 Å². The van der Waals surface area contributed by atoms with Gasteiger partial charge >= 0.3 is 5.97 Å². The number of carboxylic acid groups (broad SMARTS) is 1. The maximum absolute atomic E-state index is 13.1. The number of aromatic nitrogens is 4. The molecule has 2 heterocycles. The van der Waals surface area contributed by atoms with Gasteiger partial charge in [0.15, 0.2) is 0 Å². The summed E-state index contributed by atoms with van der Waals surface area (Å²) in [7, 11) is 0. The van der Waals surface area contributed by atoms with Crippen molar-refractivity contribution in [3.63, 3.8) is 0 Å². The number of carboxylic acids is 1. The van der Waals surface area contributed by atoms with Crippen LogP contribution in [0.1, 0.15) is 31.8 Å². The molecule has 122 valence electrons. The first-order valence-electron chi connectivity index (χ1n) is 7.03. The summed E-state index contributed by atoms with van der Waals surface area (Å²) in [6.45, 7) is 3.47. The van der Waals surface area contributed by atoms with E-state index in [1.54, 1.807) is 35.9 Å². The average Bonchev–Trinajstić information content (AvgIpc) is 3.09. The number of halogens is 1. The van der Waals surface area contributed by atoms with E-state index >= 15 is 0 Å². The molecule has 1 aromatic carbocycles. The Hall–Kier alpha value is -2.87. The van der Waals surface area contributed by atoms with Gasteiger partial charge in [0.2, 0.25) is 0 Å². The minimum Gasteiger partial charge on any atom is -0.477 e. The van der Waals surface area contributed by atoms with Crippen LogP contribution in [0.2, 0.25) is 0 Å². The molecule has 8 heteroatoms. The number of hydrogen-bond donors (Lipinski definition) is 1. The Kier molecular flexibility index (Phi) is 4.22. The molecule has 0 unspecified atom stereocenters. The van der Waals surface area contributed by atoms with Gasteiger partial charge in [-0.25, -0.2) is 18.9 Å². The highest BCUT2D eigenvalue weighted by Crippen LogP contribution is 2.21. The standard InChI is InChI=1S/C16H13FN4O2S/c1-9-13(7-8-14-18-10(2)15(24-14)16(22)23)21(20-19-9)12-5-3-11(17)4-6-12/h3-8H,1-2H3,(H,22,23). The van der Waals surface area contributed by atoms with Gasteiger partial charge in [-0.2, -0.15) is 0 Å². The zero-order chi connectivity index (χ0) is 17.3. The summed E-state index contributed by atoms with van der Waals surface area (Å²) in [5.74, 6) is -1.31. The molecule has 2 aromatic heterocycles. The quantitative estimate of drug-likeness (QED) is 0.785. The molecule has 0 amide bonds. The molecule has 0 saturated heterocycles. The summed E-state index contributed by atoms with van der Waals surface area (Å²) in [5, 5.41) is 17.8. The molecule has 0 aliphatic carbocycles. The number of aromatic carboxylic acids is 1. The smallest absolute Gasteiger partial charge is 0.347 e. The van der Waals surface area contributed by atoms with Gasteiger partial charge in [0.05, 0.1) is 22.8 Å². The molecule has 0 aliphatic heterocycles. The summed E-state index contributed by atoms with van der Waals surface area (Å²) in [4.78, 5) is 15.5.